The van der Waals surface area contributed by atoms with E-state index in [0.717, 1.165) is 29.5 Å². The van der Waals surface area contributed by atoms with Crippen LogP contribution in [0.5, 0.6) is 17.2 Å². The molecular weight excluding hydrogens is 400 g/mol. The minimum atomic E-state index is -0.0875. The van der Waals surface area contributed by atoms with Gasteiger partial charge < -0.3 is 19.2 Å². The molecule has 1 unspecified atom stereocenters. The maximum Gasteiger partial charge on any atom is 0.260 e. The molecule has 30 heavy (non-hydrogen) atoms. The molecule has 0 bridgehead atoms. The average molecular weight is 429 g/mol. The van der Waals surface area contributed by atoms with Crippen molar-refractivity contribution in [1.29, 1.82) is 0 Å². The number of nitrogens with zero attached hydrogens (tertiary/aromatic N) is 1. The minimum absolute atomic E-state index is 0.0875. The van der Waals surface area contributed by atoms with Gasteiger partial charge >= 0.3 is 0 Å². The maximum absolute atomic E-state index is 13.0. The van der Waals surface area contributed by atoms with Gasteiger partial charge in [0, 0.05) is 10.4 Å². The highest BCUT2D eigenvalue weighted by atomic mass is 32.1. The van der Waals surface area contributed by atoms with Crippen LogP contribution in [0.3, 0.4) is 0 Å². The third-order valence-corrected chi connectivity index (χ3v) is 7.23. The molecule has 6 nitrogen and oxygen atoms in total. The third-order valence-electron chi connectivity index (χ3n) is 6.08. The monoisotopic (exact) mass is 428 g/mol. The highest BCUT2D eigenvalue weighted by Gasteiger charge is 2.31. The Morgan fingerprint density at radius 2 is 1.77 bits per heavy atom. The summed E-state index contributed by atoms with van der Waals surface area (Å²) in [6.07, 6.45) is 3.06. The van der Waals surface area contributed by atoms with Crippen LogP contribution in [-0.2, 0) is 12.8 Å². The molecule has 0 amide bonds. The zero-order valence-corrected chi connectivity index (χ0v) is 19.2. The molecule has 0 saturated carbocycles. The molecule has 2 aromatic heterocycles. The van der Waals surface area contributed by atoms with E-state index in [2.05, 4.69) is 25.8 Å². The van der Waals surface area contributed by atoms with Gasteiger partial charge in [0.1, 0.15) is 10.7 Å². The van der Waals surface area contributed by atoms with Gasteiger partial charge in [-0.25, -0.2) is 4.98 Å². The predicted octanol–water partition coefficient (Wildman–Crippen LogP) is 4.83. The number of ether oxygens (including phenoxy) is 3. The largest absolute Gasteiger partial charge is 0.493 e. The molecule has 1 aromatic carbocycles. The quantitative estimate of drug-likeness (QED) is 0.644. The second-order valence-electron chi connectivity index (χ2n) is 8.82. The lowest BCUT2D eigenvalue weighted by Gasteiger charge is -2.33. The van der Waals surface area contributed by atoms with Crippen molar-refractivity contribution in [3.63, 3.8) is 0 Å². The van der Waals surface area contributed by atoms with E-state index in [1.54, 1.807) is 44.8 Å². The molecule has 0 radical (unpaired) electrons. The third kappa shape index (κ3) is 3.45. The molecule has 4 rings (SSSR count). The second-order valence-corrected chi connectivity index (χ2v) is 9.90. The van der Waals surface area contributed by atoms with E-state index in [1.807, 2.05) is 0 Å². The normalized spacial score (nSPS) is 16.4. The van der Waals surface area contributed by atoms with E-state index in [1.165, 1.54) is 10.4 Å². The van der Waals surface area contributed by atoms with Gasteiger partial charge in [-0.2, -0.15) is 0 Å². The number of hydrogen-bond donors (Lipinski definition) is 1. The Morgan fingerprint density at radius 1 is 1.10 bits per heavy atom. The smallest absolute Gasteiger partial charge is 0.260 e. The SMILES string of the molecule is COc1cc(-c2nc3sc4c(c3c(=O)[nH]2)CCC(C(C)(C)C)C4)cc(OC)c1OC. The summed E-state index contributed by atoms with van der Waals surface area (Å²) < 4.78 is 16.3. The predicted molar refractivity (Wildman–Crippen MR) is 120 cm³/mol. The second kappa shape index (κ2) is 7.61. The maximum atomic E-state index is 13.0. The van der Waals surface area contributed by atoms with Gasteiger partial charge in [0.05, 0.1) is 26.7 Å². The lowest BCUT2D eigenvalue weighted by atomic mass is 9.72. The Kier molecular flexibility index (Phi) is 5.26. The number of aromatic amines is 1. The molecule has 0 fully saturated rings. The Morgan fingerprint density at radius 3 is 2.33 bits per heavy atom. The molecule has 0 aliphatic heterocycles. The van der Waals surface area contributed by atoms with Gasteiger partial charge in [-0.1, -0.05) is 20.8 Å². The molecular formula is C23H28N2O4S. The van der Waals surface area contributed by atoms with Crippen LogP contribution in [0.25, 0.3) is 21.6 Å². The van der Waals surface area contributed by atoms with Crippen LogP contribution in [0.4, 0.5) is 0 Å². The Labute approximate surface area is 180 Å². The topological polar surface area (TPSA) is 73.4 Å². The van der Waals surface area contributed by atoms with E-state index in [0.29, 0.717) is 34.6 Å². The highest BCUT2D eigenvalue weighted by Crippen LogP contribution is 2.43. The van der Waals surface area contributed by atoms with E-state index in [9.17, 15) is 4.79 Å². The summed E-state index contributed by atoms with van der Waals surface area (Å²) in [4.78, 5) is 22.9. The van der Waals surface area contributed by atoms with Crippen LogP contribution < -0.4 is 19.8 Å². The average Bonchev–Trinajstić information content (AvgIpc) is 3.09. The molecule has 3 aromatic rings. The lowest BCUT2D eigenvalue weighted by molar-refractivity contribution is 0.218. The van der Waals surface area contributed by atoms with Crippen LogP contribution in [0, 0.1) is 11.3 Å². The number of hydrogen-bond acceptors (Lipinski definition) is 6. The van der Waals surface area contributed by atoms with Gasteiger partial charge in [-0.3, -0.25) is 4.79 Å². The number of fused-ring (bicyclic) bond motifs is 3. The van der Waals surface area contributed by atoms with Crippen molar-refractivity contribution >= 4 is 21.6 Å². The van der Waals surface area contributed by atoms with E-state index in [4.69, 9.17) is 19.2 Å². The standard InChI is InChI=1S/C23H28N2O4S/c1-23(2,3)13-7-8-14-17(11-13)30-22-18(14)21(26)24-20(25-22)12-9-15(27-4)19(29-6)16(10-12)28-5/h9-10,13H,7-8,11H2,1-6H3,(H,24,25,26). The van der Waals surface area contributed by atoms with E-state index >= 15 is 0 Å². The first-order chi connectivity index (χ1) is 14.3. The Bertz CT molecular complexity index is 1130. The van der Waals surface area contributed by atoms with Crippen molar-refractivity contribution in [3.8, 4) is 28.6 Å². The molecule has 1 aliphatic carbocycles. The lowest BCUT2D eigenvalue weighted by Crippen LogP contribution is -2.26. The van der Waals surface area contributed by atoms with Crippen LogP contribution in [0.1, 0.15) is 37.6 Å². The fourth-order valence-corrected chi connectivity index (χ4v) is 5.58. The number of aromatic nitrogens is 2. The molecule has 1 aliphatic rings. The zero-order valence-electron chi connectivity index (χ0n) is 18.3. The zero-order chi connectivity index (χ0) is 21.6. The fourth-order valence-electron chi connectivity index (χ4n) is 4.28. The van der Waals surface area contributed by atoms with Crippen molar-refractivity contribution in [2.75, 3.05) is 21.3 Å². The summed E-state index contributed by atoms with van der Waals surface area (Å²) in [6, 6.07) is 3.60. The molecule has 1 atom stereocenters. The highest BCUT2D eigenvalue weighted by molar-refractivity contribution is 7.18. The summed E-state index contributed by atoms with van der Waals surface area (Å²) >= 11 is 1.65. The van der Waals surface area contributed by atoms with Gasteiger partial charge in [-0.05, 0) is 48.3 Å². The molecule has 2 heterocycles. The van der Waals surface area contributed by atoms with Crippen molar-refractivity contribution in [3.05, 3.63) is 32.9 Å². The first kappa shape index (κ1) is 20.7. The van der Waals surface area contributed by atoms with E-state index < -0.39 is 0 Å². The number of benzene rings is 1. The van der Waals surface area contributed by atoms with Gasteiger partial charge in [0.15, 0.2) is 11.5 Å². The van der Waals surface area contributed by atoms with Gasteiger partial charge in [0.2, 0.25) is 5.75 Å². The first-order valence-electron chi connectivity index (χ1n) is 10.1. The van der Waals surface area contributed by atoms with Crippen molar-refractivity contribution in [2.24, 2.45) is 11.3 Å². The summed E-state index contributed by atoms with van der Waals surface area (Å²) in [7, 11) is 4.70. The Hall–Kier alpha value is -2.54. The van der Waals surface area contributed by atoms with Gasteiger partial charge in [-0.15, -0.1) is 11.3 Å². The fraction of sp³-hybridized carbons (Fsp3) is 0.478. The summed E-state index contributed by atoms with van der Waals surface area (Å²) in [5.41, 5.74) is 2.06. The van der Waals surface area contributed by atoms with Crippen molar-refractivity contribution in [1.82, 2.24) is 9.97 Å². The molecule has 0 spiro atoms. The van der Waals surface area contributed by atoms with Crippen molar-refractivity contribution in [2.45, 2.75) is 40.0 Å². The van der Waals surface area contributed by atoms with Crippen LogP contribution in [0.2, 0.25) is 0 Å². The van der Waals surface area contributed by atoms with Gasteiger partial charge in [0.25, 0.3) is 5.56 Å². The number of thiophene rings is 1. The number of methoxy groups -OCH3 is 3. The first-order valence-corrected chi connectivity index (χ1v) is 10.9. The van der Waals surface area contributed by atoms with Crippen molar-refractivity contribution < 1.29 is 14.2 Å². The number of aryl methyl sites for hydroxylation is 1. The Balaban J connectivity index is 1.83. The molecule has 0 saturated heterocycles. The van der Waals surface area contributed by atoms with Crippen LogP contribution in [0.15, 0.2) is 16.9 Å². The summed E-state index contributed by atoms with van der Waals surface area (Å²) in [6.45, 7) is 6.89. The van der Waals surface area contributed by atoms with Crippen LogP contribution in [-0.4, -0.2) is 31.3 Å². The number of H-pyrrole nitrogens is 1. The molecule has 7 heteroatoms. The summed E-state index contributed by atoms with van der Waals surface area (Å²) in [5.74, 6) is 2.66. The number of nitrogens with one attached hydrogen (secondary N) is 1. The summed E-state index contributed by atoms with van der Waals surface area (Å²) in [5, 5.41) is 0.749. The molecule has 1 N–H and O–H groups in total. The van der Waals surface area contributed by atoms with E-state index in [-0.39, 0.29) is 11.0 Å². The number of rotatable bonds is 4. The van der Waals surface area contributed by atoms with Crippen LogP contribution >= 0.6 is 11.3 Å². The molecule has 160 valence electrons. The minimum Gasteiger partial charge on any atom is -0.493 e.